The number of carbonyl (C=O) groups excluding carboxylic acids is 1. The molecule has 6 heteroatoms. The van der Waals surface area contributed by atoms with Gasteiger partial charge in [-0.15, -0.1) is 0 Å². The summed E-state index contributed by atoms with van der Waals surface area (Å²) in [6.07, 6.45) is 4.84. The van der Waals surface area contributed by atoms with E-state index < -0.39 is 11.6 Å². The lowest BCUT2D eigenvalue weighted by Gasteiger charge is -2.51. The molecule has 0 aromatic heterocycles. The molecule has 1 N–H and O–H groups in total. The summed E-state index contributed by atoms with van der Waals surface area (Å²) in [7, 11) is 3.51. The largest absolute Gasteiger partial charge is 0.366 e. The van der Waals surface area contributed by atoms with Crippen molar-refractivity contribution in [3.05, 3.63) is 0 Å². The maximum Gasteiger partial charge on any atom is 0.224 e. The van der Waals surface area contributed by atoms with E-state index in [1.807, 2.05) is 0 Å². The highest BCUT2D eigenvalue weighted by Crippen LogP contribution is 2.78. The van der Waals surface area contributed by atoms with Crippen molar-refractivity contribution in [2.75, 3.05) is 20.7 Å². The molecular formula is C21H35NO5. The van der Waals surface area contributed by atoms with Crippen molar-refractivity contribution in [2.45, 2.75) is 77.2 Å². The second kappa shape index (κ2) is 6.41. The third kappa shape index (κ3) is 2.95. The van der Waals surface area contributed by atoms with Crippen molar-refractivity contribution in [3.63, 3.8) is 0 Å². The van der Waals surface area contributed by atoms with E-state index in [-0.39, 0.29) is 23.5 Å². The first-order valence-electron chi connectivity index (χ1n) is 10.5. The van der Waals surface area contributed by atoms with E-state index in [0.717, 1.165) is 19.3 Å². The predicted molar refractivity (Wildman–Crippen MR) is 99.4 cm³/mol. The SMILES string of the molecule is C[C@H]1C(OCCC(=O)N(C)C)O[C@]23C[C@]24C1CC[C@@H](C)C4CC[C@@](C)(O)O3. The van der Waals surface area contributed by atoms with E-state index in [4.69, 9.17) is 14.2 Å². The number of rotatable bonds is 4. The second-order valence-corrected chi connectivity index (χ2v) is 9.81. The molecule has 2 heterocycles. The van der Waals surface area contributed by atoms with Crippen LogP contribution in [0.25, 0.3) is 0 Å². The zero-order chi connectivity index (χ0) is 19.6. The number of hydrogen-bond donors (Lipinski definition) is 1. The van der Waals surface area contributed by atoms with Crippen LogP contribution in [-0.2, 0) is 19.0 Å². The molecule has 2 saturated heterocycles. The highest BCUT2D eigenvalue weighted by atomic mass is 16.8. The molecule has 4 rings (SSSR count). The number of aliphatic hydroxyl groups is 1. The molecule has 8 atom stereocenters. The van der Waals surface area contributed by atoms with Gasteiger partial charge in [-0.05, 0) is 37.5 Å². The molecule has 4 aliphatic rings. The highest BCUT2D eigenvalue weighted by Gasteiger charge is 2.83. The maximum atomic E-state index is 11.9. The van der Waals surface area contributed by atoms with Gasteiger partial charge in [0, 0.05) is 38.3 Å². The fourth-order valence-corrected chi connectivity index (χ4v) is 6.42. The molecule has 3 unspecified atom stereocenters. The van der Waals surface area contributed by atoms with E-state index in [1.54, 1.807) is 25.9 Å². The van der Waals surface area contributed by atoms with Crippen LogP contribution in [0.2, 0.25) is 0 Å². The molecule has 6 nitrogen and oxygen atoms in total. The Kier molecular flexibility index (Phi) is 4.66. The minimum Gasteiger partial charge on any atom is -0.366 e. The standard InChI is InChI=1S/C21H35NO5/c1-13-6-7-16-14(2)18(25-11-9-17(23)22(4)5)26-21-12-20(16,21)15(13)8-10-19(3,24)27-21/h13-16,18,24H,6-12H2,1-5H3/t13-,14-,15?,16?,18?,19+,20+,21+/m1/s1. The summed E-state index contributed by atoms with van der Waals surface area (Å²) in [5.41, 5.74) is 0.0177. The molecular weight excluding hydrogens is 346 g/mol. The van der Waals surface area contributed by atoms with Crippen LogP contribution in [0, 0.1) is 29.1 Å². The van der Waals surface area contributed by atoms with Gasteiger partial charge in [0.2, 0.25) is 5.91 Å². The van der Waals surface area contributed by atoms with Gasteiger partial charge < -0.3 is 24.2 Å². The van der Waals surface area contributed by atoms with Crippen molar-refractivity contribution in [2.24, 2.45) is 29.1 Å². The first-order valence-corrected chi connectivity index (χ1v) is 10.5. The average molecular weight is 382 g/mol. The van der Waals surface area contributed by atoms with Gasteiger partial charge in [0.05, 0.1) is 13.0 Å². The van der Waals surface area contributed by atoms with Crippen LogP contribution in [0.1, 0.15) is 59.3 Å². The van der Waals surface area contributed by atoms with Crippen LogP contribution >= 0.6 is 0 Å². The summed E-state index contributed by atoms with van der Waals surface area (Å²) >= 11 is 0. The maximum absolute atomic E-state index is 11.9. The zero-order valence-corrected chi connectivity index (χ0v) is 17.4. The van der Waals surface area contributed by atoms with Crippen molar-refractivity contribution >= 4 is 5.91 Å². The van der Waals surface area contributed by atoms with Gasteiger partial charge in [0.15, 0.2) is 17.9 Å². The summed E-state index contributed by atoms with van der Waals surface area (Å²) in [5.74, 6) is 0.0810. The van der Waals surface area contributed by atoms with E-state index in [1.165, 1.54) is 6.42 Å². The van der Waals surface area contributed by atoms with E-state index in [2.05, 4.69) is 13.8 Å². The number of carbonyl (C=O) groups is 1. The van der Waals surface area contributed by atoms with Crippen LogP contribution < -0.4 is 0 Å². The summed E-state index contributed by atoms with van der Waals surface area (Å²) in [6, 6.07) is 0. The van der Waals surface area contributed by atoms with Crippen LogP contribution in [0.3, 0.4) is 0 Å². The van der Waals surface area contributed by atoms with Crippen molar-refractivity contribution in [3.8, 4) is 0 Å². The molecule has 1 spiro atoms. The van der Waals surface area contributed by atoms with Gasteiger partial charge in [-0.3, -0.25) is 4.79 Å². The lowest BCUT2D eigenvalue weighted by molar-refractivity contribution is -0.377. The van der Waals surface area contributed by atoms with Crippen LogP contribution in [0.5, 0.6) is 0 Å². The summed E-state index contributed by atoms with van der Waals surface area (Å²) in [5, 5.41) is 10.8. The van der Waals surface area contributed by atoms with E-state index >= 15 is 0 Å². The predicted octanol–water partition coefficient (Wildman–Crippen LogP) is 2.74. The average Bonchev–Trinajstić information content (AvgIpc) is 3.21. The van der Waals surface area contributed by atoms with Gasteiger partial charge in [-0.1, -0.05) is 20.3 Å². The van der Waals surface area contributed by atoms with Gasteiger partial charge >= 0.3 is 0 Å². The summed E-state index contributed by atoms with van der Waals surface area (Å²) in [4.78, 5) is 13.4. The minimum atomic E-state index is -1.16. The number of ether oxygens (including phenoxy) is 3. The third-order valence-corrected chi connectivity index (χ3v) is 7.82. The minimum absolute atomic E-state index is 0.0177. The quantitative estimate of drug-likeness (QED) is 0.811. The Morgan fingerprint density at radius 1 is 1.22 bits per heavy atom. The second-order valence-electron chi connectivity index (χ2n) is 9.81. The smallest absolute Gasteiger partial charge is 0.224 e. The van der Waals surface area contributed by atoms with Crippen molar-refractivity contribution in [1.82, 2.24) is 4.90 Å². The number of amides is 1. The van der Waals surface area contributed by atoms with Crippen LogP contribution in [0.4, 0.5) is 0 Å². The Morgan fingerprint density at radius 2 is 1.96 bits per heavy atom. The fraction of sp³-hybridized carbons (Fsp3) is 0.952. The molecule has 2 aliphatic heterocycles. The first kappa shape index (κ1) is 19.6. The van der Waals surface area contributed by atoms with Gasteiger partial charge in [0.25, 0.3) is 0 Å². The number of nitrogens with zero attached hydrogens (tertiary/aromatic N) is 1. The Morgan fingerprint density at radius 3 is 2.67 bits per heavy atom. The molecule has 2 saturated carbocycles. The molecule has 27 heavy (non-hydrogen) atoms. The lowest BCUT2D eigenvalue weighted by Crippen LogP contribution is -2.54. The molecule has 154 valence electrons. The van der Waals surface area contributed by atoms with Crippen LogP contribution in [0.15, 0.2) is 0 Å². The van der Waals surface area contributed by atoms with E-state index in [9.17, 15) is 9.90 Å². The highest BCUT2D eigenvalue weighted by molar-refractivity contribution is 5.75. The molecule has 1 amide bonds. The van der Waals surface area contributed by atoms with Gasteiger partial charge in [-0.25, -0.2) is 0 Å². The summed E-state index contributed by atoms with van der Waals surface area (Å²) in [6.45, 7) is 6.67. The Labute approximate surface area is 162 Å². The molecule has 0 radical (unpaired) electrons. The monoisotopic (exact) mass is 381 g/mol. The zero-order valence-electron chi connectivity index (χ0n) is 17.4. The number of hydrogen-bond acceptors (Lipinski definition) is 5. The van der Waals surface area contributed by atoms with Crippen molar-refractivity contribution < 1.29 is 24.1 Å². The van der Waals surface area contributed by atoms with Crippen molar-refractivity contribution in [1.29, 1.82) is 0 Å². The van der Waals surface area contributed by atoms with E-state index in [0.29, 0.717) is 37.2 Å². The first-order chi connectivity index (χ1) is 12.6. The fourth-order valence-electron chi connectivity index (χ4n) is 6.42. The molecule has 0 aromatic carbocycles. The molecule has 4 fully saturated rings. The molecule has 2 aliphatic carbocycles. The summed E-state index contributed by atoms with van der Waals surface area (Å²) < 4.78 is 18.8. The topological polar surface area (TPSA) is 68.2 Å². The van der Waals surface area contributed by atoms with Gasteiger partial charge in [-0.2, -0.15) is 0 Å². The normalized spacial score (nSPS) is 51.0. The molecule has 0 aromatic rings. The Bertz CT molecular complexity index is 607. The molecule has 0 bridgehead atoms. The van der Waals surface area contributed by atoms with Gasteiger partial charge in [0.1, 0.15) is 0 Å². The lowest BCUT2D eigenvalue weighted by atomic mass is 9.58. The van der Waals surface area contributed by atoms with Crippen LogP contribution in [-0.4, -0.2) is 54.5 Å². The Hall–Kier alpha value is -0.690. The Balaban J connectivity index is 1.54. The third-order valence-electron chi connectivity index (χ3n) is 7.82.